The van der Waals surface area contributed by atoms with E-state index in [-0.39, 0.29) is 18.4 Å². The van der Waals surface area contributed by atoms with Gasteiger partial charge in [0.05, 0.1) is 17.3 Å². The van der Waals surface area contributed by atoms with Crippen molar-refractivity contribution in [1.29, 1.82) is 0 Å². The van der Waals surface area contributed by atoms with Gasteiger partial charge in [-0.2, -0.15) is 0 Å². The normalized spacial score (nSPS) is 10.1. The SMILES string of the molecule is CCCC(=O)Nc1ccc(Cl)c(NCC(=O)Nc2cccc(C(N)=O)c2)c1. The zero-order chi connectivity index (χ0) is 19.8. The van der Waals surface area contributed by atoms with Crippen LogP contribution in [0.15, 0.2) is 42.5 Å². The maximum atomic E-state index is 12.1. The summed E-state index contributed by atoms with van der Waals surface area (Å²) in [4.78, 5) is 35.0. The predicted octanol–water partition coefficient (Wildman–Crippen LogP) is 3.23. The second-order valence-corrected chi connectivity index (χ2v) is 6.25. The number of hydrogen-bond donors (Lipinski definition) is 4. The first-order valence-electron chi connectivity index (χ1n) is 8.42. The number of amides is 3. The third-order valence-corrected chi connectivity index (χ3v) is 3.93. The Kier molecular flexibility index (Phi) is 7.19. The van der Waals surface area contributed by atoms with Crippen molar-refractivity contribution in [1.82, 2.24) is 0 Å². The van der Waals surface area contributed by atoms with Gasteiger partial charge >= 0.3 is 0 Å². The van der Waals surface area contributed by atoms with E-state index in [1.165, 1.54) is 6.07 Å². The van der Waals surface area contributed by atoms with E-state index in [9.17, 15) is 14.4 Å². The summed E-state index contributed by atoms with van der Waals surface area (Å²) in [5.41, 5.74) is 7.10. The second-order valence-electron chi connectivity index (χ2n) is 5.84. The lowest BCUT2D eigenvalue weighted by Gasteiger charge is -2.12. The maximum Gasteiger partial charge on any atom is 0.248 e. The van der Waals surface area contributed by atoms with Crippen LogP contribution in [0.5, 0.6) is 0 Å². The average molecular weight is 389 g/mol. The molecule has 0 bridgehead atoms. The monoisotopic (exact) mass is 388 g/mol. The van der Waals surface area contributed by atoms with Crippen molar-refractivity contribution in [3.63, 3.8) is 0 Å². The molecule has 0 aromatic heterocycles. The third kappa shape index (κ3) is 6.31. The molecule has 0 radical (unpaired) electrons. The summed E-state index contributed by atoms with van der Waals surface area (Å²) >= 11 is 6.13. The lowest BCUT2D eigenvalue weighted by atomic mass is 10.2. The van der Waals surface area contributed by atoms with Gasteiger partial charge in [-0.3, -0.25) is 14.4 Å². The van der Waals surface area contributed by atoms with Crippen LogP contribution in [0, 0.1) is 0 Å². The minimum absolute atomic E-state index is 0.0487. The van der Waals surface area contributed by atoms with Crippen molar-refractivity contribution in [2.45, 2.75) is 19.8 Å². The van der Waals surface area contributed by atoms with Gasteiger partial charge in [0, 0.05) is 23.4 Å². The highest BCUT2D eigenvalue weighted by Gasteiger charge is 2.08. The zero-order valence-electron chi connectivity index (χ0n) is 14.8. The minimum atomic E-state index is -0.571. The molecule has 0 unspecified atom stereocenters. The molecule has 5 N–H and O–H groups in total. The van der Waals surface area contributed by atoms with Crippen LogP contribution < -0.4 is 21.7 Å². The lowest BCUT2D eigenvalue weighted by Crippen LogP contribution is -2.22. The molecule has 3 amide bonds. The molecule has 142 valence electrons. The zero-order valence-corrected chi connectivity index (χ0v) is 15.6. The summed E-state index contributed by atoms with van der Waals surface area (Å²) in [6, 6.07) is 11.3. The fourth-order valence-electron chi connectivity index (χ4n) is 2.32. The molecule has 0 heterocycles. The molecule has 0 aliphatic carbocycles. The molecule has 2 aromatic carbocycles. The van der Waals surface area contributed by atoms with E-state index in [4.69, 9.17) is 17.3 Å². The number of rotatable bonds is 8. The predicted molar refractivity (Wildman–Crippen MR) is 107 cm³/mol. The molecule has 0 saturated heterocycles. The van der Waals surface area contributed by atoms with E-state index in [2.05, 4.69) is 16.0 Å². The van der Waals surface area contributed by atoms with Gasteiger partial charge in [0.25, 0.3) is 0 Å². The van der Waals surface area contributed by atoms with Gasteiger partial charge in [0.2, 0.25) is 17.7 Å². The molecular weight excluding hydrogens is 368 g/mol. The van der Waals surface area contributed by atoms with E-state index in [0.29, 0.717) is 34.1 Å². The summed E-state index contributed by atoms with van der Waals surface area (Å²) in [5.74, 6) is -0.983. The van der Waals surface area contributed by atoms with Crippen molar-refractivity contribution in [2.24, 2.45) is 5.73 Å². The highest BCUT2D eigenvalue weighted by Crippen LogP contribution is 2.25. The molecule has 2 aromatic rings. The number of halogens is 1. The molecule has 0 spiro atoms. The van der Waals surface area contributed by atoms with Crippen LogP contribution in [0.25, 0.3) is 0 Å². The van der Waals surface area contributed by atoms with E-state index in [1.807, 2.05) is 6.92 Å². The Balaban J connectivity index is 1.97. The minimum Gasteiger partial charge on any atom is -0.375 e. The number of primary amides is 1. The molecule has 27 heavy (non-hydrogen) atoms. The van der Waals surface area contributed by atoms with Crippen LogP contribution in [0.4, 0.5) is 17.1 Å². The van der Waals surface area contributed by atoms with Gasteiger partial charge in [-0.25, -0.2) is 0 Å². The number of carbonyl (C=O) groups excluding carboxylic acids is 3. The topological polar surface area (TPSA) is 113 Å². The number of benzene rings is 2. The highest BCUT2D eigenvalue weighted by molar-refractivity contribution is 6.33. The summed E-state index contributed by atoms with van der Waals surface area (Å²) in [6.45, 7) is 1.87. The number of carbonyl (C=O) groups is 3. The summed E-state index contributed by atoms with van der Waals surface area (Å²) in [6.07, 6.45) is 1.18. The lowest BCUT2D eigenvalue weighted by molar-refractivity contribution is -0.116. The van der Waals surface area contributed by atoms with Crippen molar-refractivity contribution in [3.05, 3.63) is 53.1 Å². The van der Waals surface area contributed by atoms with Gasteiger partial charge in [0.1, 0.15) is 0 Å². The Morgan fingerprint density at radius 1 is 1.00 bits per heavy atom. The van der Waals surface area contributed by atoms with Crippen LogP contribution in [-0.4, -0.2) is 24.3 Å². The Hall–Kier alpha value is -3.06. The van der Waals surface area contributed by atoms with E-state index < -0.39 is 5.91 Å². The number of hydrogen-bond acceptors (Lipinski definition) is 4. The van der Waals surface area contributed by atoms with Gasteiger partial charge in [-0.1, -0.05) is 24.6 Å². The Labute approximate surface area is 162 Å². The Morgan fingerprint density at radius 3 is 2.41 bits per heavy atom. The molecule has 0 atom stereocenters. The first kappa shape index (κ1) is 20.3. The van der Waals surface area contributed by atoms with E-state index >= 15 is 0 Å². The molecule has 0 aliphatic rings. The van der Waals surface area contributed by atoms with Gasteiger partial charge in [0.15, 0.2) is 0 Å². The number of nitrogens with two attached hydrogens (primary N) is 1. The summed E-state index contributed by atoms with van der Waals surface area (Å²) in [5, 5.41) is 8.79. The third-order valence-electron chi connectivity index (χ3n) is 3.60. The van der Waals surface area contributed by atoms with Crippen LogP contribution >= 0.6 is 11.6 Å². The standard InChI is InChI=1S/C19H21ClN4O3/c1-2-4-17(25)23-14-7-8-15(20)16(10-14)22-11-18(26)24-13-6-3-5-12(9-13)19(21)27/h3,5-10,22H,2,4,11H2,1H3,(H2,21,27)(H,23,25)(H,24,26). The quantitative estimate of drug-likeness (QED) is 0.556. The average Bonchev–Trinajstić information content (AvgIpc) is 2.62. The van der Waals surface area contributed by atoms with Crippen molar-refractivity contribution in [2.75, 3.05) is 22.5 Å². The fraction of sp³-hybridized carbons (Fsp3) is 0.211. The molecule has 0 saturated carbocycles. The second kappa shape index (κ2) is 9.59. The molecule has 0 fully saturated rings. The van der Waals surface area contributed by atoms with Crippen LogP contribution in [0.1, 0.15) is 30.1 Å². The summed E-state index contributed by atoms with van der Waals surface area (Å²) in [7, 11) is 0. The first-order chi connectivity index (χ1) is 12.9. The van der Waals surface area contributed by atoms with Crippen molar-refractivity contribution in [3.8, 4) is 0 Å². The van der Waals surface area contributed by atoms with Crippen molar-refractivity contribution >= 4 is 46.4 Å². The number of nitrogens with one attached hydrogen (secondary N) is 3. The molecule has 8 heteroatoms. The number of anilines is 3. The smallest absolute Gasteiger partial charge is 0.248 e. The first-order valence-corrected chi connectivity index (χ1v) is 8.80. The largest absolute Gasteiger partial charge is 0.375 e. The molecular formula is C19H21ClN4O3. The van der Waals surface area contributed by atoms with Gasteiger partial charge in [-0.15, -0.1) is 0 Å². The maximum absolute atomic E-state index is 12.1. The Bertz CT molecular complexity index is 855. The van der Waals surface area contributed by atoms with Crippen molar-refractivity contribution < 1.29 is 14.4 Å². The van der Waals surface area contributed by atoms with E-state index in [1.54, 1.807) is 36.4 Å². The summed E-state index contributed by atoms with van der Waals surface area (Å²) < 4.78 is 0. The van der Waals surface area contributed by atoms with E-state index in [0.717, 1.165) is 6.42 Å². The fourth-order valence-corrected chi connectivity index (χ4v) is 2.50. The highest BCUT2D eigenvalue weighted by atomic mass is 35.5. The molecule has 0 aliphatic heterocycles. The van der Waals surface area contributed by atoms with Crippen LogP contribution in [0.3, 0.4) is 0 Å². The van der Waals surface area contributed by atoms with Crippen LogP contribution in [0.2, 0.25) is 5.02 Å². The van der Waals surface area contributed by atoms with Gasteiger partial charge in [-0.05, 0) is 42.8 Å². The van der Waals surface area contributed by atoms with Crippen LogP contribution in [-0.2, 0) is 9.59 Å². The van der Waals surface area contributed by atoms with Gasteiger partial charge < -0.3 is 21.7 Å². The Morgan fingerprint density at radius 2 is 1.70 bits per heavy atom. The molecule has 2 rings (SSSR count). The molecule has 7 nitrogen and oxygen atoms in total.